The first-order valence-electron chi connectivity index (χ1n) is 6.56. The molecule has 1 aromatic carbocycles. The number of nitrogens with zero attached hydrogens (tertiary/aromatic N) is 2. The zero-order chi connectivity index (χ0) is 13.8. The van der Waals surface area contributed by atoms with Crippen LogP contribution in [0.1, 0.15) is 31.7 Å². The molecule has 0 saturated carbocycles. The molecule has 2 rings (SSSR count). The normalized spacial score (nSPS) is 13.0. The third kappa shape index (κ3) is 3.22. The van der Waals surface area contributed by atoms with Crippen molar-refractivity contribution < 1.29 is 5.11 Å². The number of unbranched alkanes of at least 4 members (excludes halogenated alkanes) is 1. The highest BCUT2D eigenvalue weighted by atomic mass is 32.2. The Bertz CT molecular complexity index is 551. The second kappa shape index (κ2) is 6.30. The van der Waals surface area contributed by atoms with Crippen LogP contribution in [0.3, 0.4) is 0 Å². The van der Waals surface area contributed by atoms with Crippen LogP contribution in [0.4, 0.5) is 5.69 Å². The molecule has 1 unspecified atom stereocenters. The number of hydrogen-bond acceptors (Lipinski definition) is 4. The average Bonchev–Trinajstić information content (AvgIpc) is 2.72. The smallest absolute Gasteiger partial charge is 0.138 e. The Morgan fingerprint density at radius 3 is 2.89 bits per heavy atom. The molecule has 0 saturated heterocycles. The standard InChI is InChI=1S/C14H21N3OS/c1-10(18)14-16-12-9-11(15)5-6-13(12)17(14)7-3-4-8-19-2/h5-6,9-10,18H,3-4,7-8,15H2,1-2H3. The van der Waals surface area contributed by atoms with Gasteiger partial charge in [0.15, 0.2) is 0 Å². The molecule has 1 heterocycles. The van der Waals surface area contributed by atoms with E-state index in [0.717, 1.165) is 29.8 Å². The van der Waals surface area contributed by atoms with Crippen molar-refractivity contribution in [2.75, 3.05) is 17.7 Å². The van der Waals surface area contributed by atoms with E-state index >= 15 is 0 Å². The average molecular weight is 279 g/mol. The Balaban J connectivity index is 2.30. The van der Waals surface area contributed by atoms with E-state index in [-0.39, 0.29) is 0 Å². The molecule has 0 radical (unpaired) electrons. The van der Waals surface area contributed by atoms with Crippen LogP contribution in [0, 0.1) is 0 Å². The summed E-state index contributed by atoms with van der Waals surface area (Å²) in [7, 11) is 0. The number of aryl methyl sites for hydroxylation is 1. The predicted molar refractivity (Wildman–Crippen MR) is 82.4 cm³/mol. The molecule has 19 heavy (non-hydrogen) atoms. The molecule has 0 aliphatic rings. The van der Waals surface area contributed by atoms with Gasteiger partial charge in [-0.1, -0.05) is 0 Å². The second-order valence-corrected chi connectivity index (χ2v) is 5.73. The Labute approximate surface area is 118 Å². The minimum absolute atomic E-state index is 0.561. The number of thioether (sulfide) groups is 1. The van der Waals surface area contributed by atoms with Crippen molar-refractivity contribution in [3.05, 3.63) is 24.0 Å². The molecular weight excluding hydrogens is 258 g/mol. The molecule has 5 heteroatoms. The third-order valence-corrected chi connectivity index (χ3v) is 3.85. The molecule has 0 aliphatic carbocycles. The van der Waals surface area contributed by atoms with Crippen LogP contribution < -0.4 is 5.73 Å². The molecule has 1 aromatic heterocycles. The predicted octanol–water partition coefficient (Wildman–Crippen LogP) is 2.82. The van der Waals surface area contributed by atoms with E-state index < -0.39 is 6.10 Å². The van der Waals surface area contributed by atoms with Gasteiger partial charge in [0.2, 0.25) is 0 Å². The maximum absolute atomic E-state index is 9.86. The van der Waals surface area contributed by atoms with Gasteiger partial charge in [0.05, 0.1) is 11.0 Å². The molecule has 3 N–H and O–H groups in total. The number of imidazole rings is 1. The highest BCUT2D eigenvalue weighted by Crippen LogP contribution is 2.23. The quantitative estimate of drug-likeness (QED) is 0.630. The number of hydrogen-bond donors (Lipinski definition) is 2. The molecule has 4 nitrogen and oxygen atoms in total. The van der Waals surface area contributed by atoms with Gasteiger partial charge in [-0.2, -0.15) is 11.8 Å². The SMILES string of the molecule is CSCCCCn1c(C(C)O)nc2cc(N)ccc21. The molecule has 1 atom stereocenters. The molecule has 0 bridgehead atoms. The number of nitrogen functional groups attached to an aromatic ring is 1. The summed E-state index contributed by atoms with van der Waals surface area (Å²) in [5.74, 6) is 1.90. The van der Waals surface area contributed by atoms with Crippen molar-refractivity contribution in [3.63, 3.8) is 0 Å². The van der Waals surface area contributed by atoms with Crippen LogP contribution in [0.15, 0.2) is 18.2 Å². The van der Waals surface area contributed by atoms with E-state index in [1.165, 1.54) is 12.2 Å². The summed E-state index contributed by atoms with van der Waals surface area (Å²) in [6, 6.07) is 5.73. The third-order valence-electron chi connectivity index (χ3n) is 3.16. The first-order valence-corrected chi connectivity index (χ1v) is 7.95. The number of aliphatic hydroxyl groups excluding tert-OH is 1. The zero-order valence-corrected chi connectivity index (χ0v) is 12.3. The van der Waals surface area contributed by atoms with Crippen molar-refractivity contribution in [2.45, 2.75) is 32.4 Å². The monoisotopic (exact) mass is 279 g/mol. The second-order valence-electron chi connectivity index (χ2n) is 4.75. The molecule has 2 aromatic rings. The lowest BCUT2D eigenvalue weighted by Gasteiger charge is -2.10. The fourth-order valence-corrected chi connectivity index (χ4v) is 2.73. The van der Waals surface area contributed by atoms with Crippen LogP contribution in [-0.2, 0) is 6.54 Å². The zero-order valence-electron chi connectivity index (χ0n) is 11.5. The summed E-state index contributed by atoms with van der Waals surface area (Å²) < 4.78 is 2.11. The van der Waals surface area contributed by atoms with Crippen molar-refractivity contribution in [1.82, 2.24) is 9.55 Å². The van der Waals surface area contributed by atoms with Crippen molar-refractivity contribution in [2.24, 2.45) is 0 Å². The van der Waals surface area contributed by atoms with Gasteiger partial charge in [-0.15, -0.1) is 0 Å². The van der Waals surface area contributed by atoms with Crippen LogP contribution in [0.5, 0.6) is 0 Å². The van der Waals surface area contributed by atoms with Gasteiger partial charge < -0.3 is 15.4 Å². The van der Waals surface area contributed by atoms with Gasteiger partial charge in [-0.25, -0.2) is 4.98 Å². The number of benzene rings is 1. The Hall–Kier alpha value is -1.20. The Morgan fingerprint density at radius 1 is 1.42 bits per heavy atom. The maximum Gasteiger partial charge on any atom is 0.138 e. The minimum Gasteiger partial charge on any atom is -0.399 e. The fourth-order valence-electron chi connectivity index (χ4n) is 2.24. The van der Waals surface area contributed by atoms with E-state index in [1.807, 2.05) is 30.0 Å². The van der Waals surface area contributed by atoms with Crippen LogP contribution in [-0.4, -0.2) is 26.7 Å². The van der Waals surface area contributed by atoms with E-state index in [9.17, 15) is 5.11 Å². The summed E-state index contributed by atoms with van der Waals surface area (Å²) >= 11 is 1.86. The number of aliphatic hydroxyl groups is 1. The molecule has 0 fully saturated rings. The summed E-state index contributed by atoms with van der Waals surface area (Å²) in [4.78, 5) is 4.50. The Morgan fingerprint density at radius 2 is 2.21 bits per heavy atom. The summed E-state index contributed by atoms with van der Waals surface area (Å²) in [6.07, 6.45) is 3.83. The topological polar surface area (TPSA) is 64.1 Å². The summed E-state index contributed by atoms with van der Waals surface area (Å²) in [5, 5.41) is 9.86. The number of fused-ring (bicyclic) bond motifs is 1. The molecular formula is C14H21N3OS. The van der Waals surface area contributed by atoms with E-state index in [4.69, 9.17) is 5.73 Å². The van der Waals surface area contributed by atoms with Crippen LogP contribution in [0.2, 0.25) is 0 Å². The molecule has 0 amide bonds. The van der Waals surface area contributed by atoms with Gasteiger partial charge >= 0.3 is 0 Å². The van der Waals surface area contributed by atoms with Crippen LogP contribution >= 0.6 is 11.8 Å². The first-order chi connectivity index (χ1) is 9.13. The number of nitrogens with two attached hydrogens (primary N) is 1. The van der Waals surface area contributed by atoms with Gasteiger partial charge in [0, 0.05) is 12.2 Å². The highest BCUT2D eigenvalue weighted by molar-refractivity contribution is 7.98. The van der Waals surface area contributed by atoms with Crippen molar-refractivity contribution in [3.8, 4) is 0 Å². The van der Waals surface area contributed by atoms with Crippen molar-refractivity contribution >= 4 is 28.5 Å². The molecule has 104 valence electrons. The largest absolute Gasteiger partial charge is 0.399 e. The Kier molecular flexibility index (Phi) is 4.71. The van der Waals surface area contributed by atoms with Gasteiger partial charge in [0.1, 0.15) is 11.9 Å². The maximum atomic E-state index is 9.86. The highest BCUT2D eigenvalue weighted by Gasteiger charge is 2.14. The number of anilines is 1. The van der Waals surface area contributed by atoms with Gasteiger partial charge in [-0.3, -0.25) is 0 Å². The number of aromatic nitrogens is 2. The number of rotatable bonds is 6. The summed E-state index contributed by atoms with van der Waals surface area (Å²) in [5.41, 5.74) is 8.40. The van der Waals surface area contributed by atoms with Gasteiger partial charge in [-0.05, 0) is 50.0 Å². The fraction of sp³-hybridized carbons (Fsp3) is 0.500. The van der Waals surface area contributed by atoms with E-state index in [2.05, 4.69) is 15.8 Å². The lowest BCUT2D eigenvalue weighted by Crippen LogP contribution is -2.07. The van der Waals surface area contributed by atoms with E-state index in [1.54, 1.807) is 6.92 Å². The van der Waals surface area contributed by atoms with E-state index in [0.29, 0.717) is 5.69 Å². The molecule has 0 spiro atoms. The lowest BCUT2D eigenvalue weighted by molar-refractivity contribution is 0.184. The molecule has 0 aliphatic heterocycles. The van der Waals surface area contributed by atoms with Crippen LogP contribution in [0.25, 0.3) is 11.0 Å². The van der Waals surface area contributed by atoms with Gasteiger partial charge in [0.25, 0.3) is 0 Å². The summed E-state index contributed by atoms with van der Waals surface area (Å²) in [6.45, 7) is 2.64. The minimum atomic E-state index is -0.561. The van der Waals surface area contributed by atoms with Crippen molar-refractivity contribution in [1.29, 1.82) is 0 Å². The first kappa shape index (κ1) is 14.2. The lowest BCUT2D eigenvalue weighted by atomic mass is 10.2.